The third-order valence-corrected chi connectivity index (χ3v) is 6.72. The Kier molecular flexibility index (Phi) is 6.10. The Morgan fingerprint density at radius 3 is 2.59 bits per heavy atom. The zero-order valence-corrected chi connectivity index (χ0v) is 18.3. The van der Waals surface area contributed by atoms with Crippen molar-refractivity contribution >= 4 is 39.0 Å². The lowest BCUT2D eigenvalue weighted by Gasteiger charge is -2.12. The highest BCUT2D eigenvalue weighted by Gasteiger charge is 2.16. The van der Waals surface area contributed by atoms with Crippen LogP contribution in [-0.2, 0) is 5.75 Å². The Labute approximate surface area is 185 Å². The molecule has 0 radical (unpaired) electrons. The number of halogens is 2. The molecule has 0 aliphatic rings. The maximum atomic E-state index is 13.4. The second-order valence-electron chi connectivity index (χ2n) is 6.25. The molecule has 0 saturated heterocycles. The molecule has 0 amide bonds. The summed E-state index contributed by atoms with van der Waals surface area (Å²) in [4.78, 5) is 5.82. The fourth-order valence-corrected chi connectivity index (χ4v) is 5.00. The summed E-state index contributed by atoms with van der Waals surface area (Å²) >= 11 is 6.63. The van der Waals surface area contributed by atoms with E-state index in [4.69, 9.17) is 4.98 Å². The lowest BCUT2D eigenvalue weighted by molar-refractivity contribution is 0.628. The smallest absolute Gasteiger partial charge is 0.123 e. The molecule has 6 heteroatoms. The van der Waals surface area contributed by atoms with Crippen LogP contribution in [0.4, 0.5) is 4.39 Å². The molecule has 0 aliphatic heterocycles. The van der Waals surface area contributed by atoms with Gasteiger partial charge in [-0.3, -0.25) is 0 Å². The summed E-state index contributed by atoms with van der Waals surface area (Å²) in [5.74, 6) is 0.391. The molecule has 0 N–H and O–H groups in total. The molecule has 2 nitrogen and oxygen atoms in total. The first-order chi connectivity index (χ1) is 14.1. The zero-order valence-electron chi connectivity index (χ0n) is 15.1. The highest BCUT2D eigenvalue weighted by molar-refractivity contribution is 9.10. The van der Waals surface area contributed by atoms with Crippen LogP contribution < -0.4 is 0 Å². The first-order valence-corrected chi connectivity index (χ1v) is 11.4. The lowest BCUT2D eigenvalue weighted by Crippen LogP contribution is -1.96. The Balaban J connectivity index is 1.80. The minimum absolute atomic E-state index is 0.302. The number of benzene rings is 2. The van der Waals surface area contributed by atoms with Crippen molar-refractivity contribution in [2.24, 2.45) is 0 Å². The number of thioether (sulfide) groups is 1. The van der Waals surface area contributed by atoms with Crippen molar-refractivity contribution in [2.75, 3.05) is 0 Å². The van der Waals surface area contributed by atoms with Gasteiger partial charge in [0.15, 0.2) is 0 Å². The summed E-state index contributed by atoms with van der Waals surface area (Å²) in [6.45, 7) is 0. The Morgan fingerprint density at radius 2 is 1.90 bits per heavy atom. The summed E-state index contributed by atoms with van der Waals surface area (Å²) in [5.41, 5.74) is 4.03. The summed E-state index contributed by atoms with van der Waals surface area (Å²) in [6, 6.07) is 22.5. The summed E-state index contributed by atoms with van der Waals surface area (Å²) in [7, 11) is 0. The molecule has 142 valence electrons. The van der Waals surface area contributed by atoms with Gasteiger partial charge in [0.05, 0.1) is 16.1 Å². The molecule has 0 unspecified atom stereocenters. The average Bonchev–Trinajstić information content (AvgIpc) is 3.27. The molecule has 4 rings (SSSR count). The van der Waals surface area contributed by atoms with Gasteiger partial charge in [0.1, 0.15) is 16.9 Å². The number of aromatic nitrogens is 1. The van der Waals surface area contributed by atoms with Crippen LogP contribution in [0.1, 0.15) is 11.1 Å². The standard InChI is InChI=1S/C23H14BrFN2S2/c24-17-4-1-3-15(11-17)14-29-23-20(13-26)19(16-6-8-18(25)9-7-16)12-21(27-23)22-5-2-10-28-22/h1-12H,14H2. The van der Waals surface area contributed by atoms with Gasteiger partial charge in [-0.05, 0) is 52.9 Å². The van der Waals surface area contributed by atoms with Crippen LogP contribution >= 0.6 is 39.0 Å². The Bertz CT molecular complexity index is 1180. The molecule has 0 spiro atoms. The van der Waals surface area contributed by atoms with E-state index in [2.05, 4.69) is 28.1 Å². The van der Waals surface area contributed by atoms with Gasteiger partial charge in [-0.2, -0.15) is 5.26 Å². The van der Waals surface area contributed by atoms with Crippen LogP contribution in [0.5, 0.6) is 0 Å². The fourth-order valence-electron chi connectivity index (χ4n) is 2.92. The minimum atomic E-state index is -0.302. The summed E-state index contributed by atoms with van der Waals surface area (Å²) in [5, 5.41) is 12.6. The van der Waals surface area contributed by atoms with Crippen molar-refractivity contribution in [3.8, 4) is 27.8 Å². The van der Waals surface area contributed by atoms with Crippen LogP contribution in [0, 0.1) is 17.1 Å². The molecular formula is C23H14BrFN2S2. The fraction of sp³-hybridized carbons (Fsp3) is 0.0435. The number of nitriles is 1. The van der Waals surface area contributed by atoms with Crippen LogP contribution in [0.25, 0.3) is 21.7 Å². The number of hydrogen-bond donors (Lipinski definition) is 0. The van der Waals surface area contributed by atoms with Crippen molar-refractivity contribution in [1.29, 1.82) is 5.26 Å². The van der Waals surface area contributed by atoms with Crippen molar-refractivity contribution in [3.05, 3.63) is 93.5 Å². The second-order valence-corrected chi connectivity index (χ2v) is 9.08. The highest BCUT2D eigenvalue weighted by Crippen LogP contribution is 2.36. The summed E-state index contributed by atoms with van der Waals surface area (Å²) < 4.78 is 14.4. The van der Waals surface area contributed by atoms with Gasteiger partial charge < -0.3 is 0 Å². The van der Waals surface area contributed by atoms with Gasteiger partial charge in [0, 0.05) is 15.8 Å². The predicted molar refractivity (Wildman–Crippen MR) is 121 cm³/mol. The number of hydrogen-bond acceptors (Lipinski definition) is 4. The maximum absolute atomic E-state index is 13.4. The molecule has 0 fully saturated rings. The minimum Gasteiger partial charge on any atom is -0.239 e. The van der Waals surface area contributed by atoms with E-state index in [9.17, 15) is 9.65 Å². The maximum Gasteiger partial charge on any atom is 0.123 e. The quantitative estimate of drug-likeness (QED) is 0.276. The van der Waals surface area contributed by atoms with Crippen molar-refractivity contribution in [3.63, 3.8) is 0 Å². The number of pyridine rings is 1. The van der Waals surface area contributed by atoms with Gasteiger partial charge in [-0.15, -0.1) is 23.1 Å². The molecule has 4 aromatic rings. The topological polar surface area (TPSA) is 36.7 Å². The zero-order chi connectivity index (χ0) is 20.2. The molecule has 2 aromatic heterocycles. The molecule has 0 bridgehead atoms. The largest absolute Gasteiger partial charge is 0.239 e. The number of nitrogens with zero attached hydrogens (tertiary/aromatic N) is 2. The van der Waals surface area contributed by atoms with E-state index in [0.717, 1.165) is 31.7 Å². The monoisotopic (exact) mass is 480 g/mol. The van der Waals surface area contributed by atoms with Gasteiger partial charge >= 0.3 is 0 Å². The van der Waals surface area contributed by atoms with Crippen LogP contribution in [0.15, 0.2) is 81.6 Å². The first kappa shape index (κ1) is 19.8. The van der Waals surface area contributed by atoms with E-state index in [1.54, 1.807) is 23.5 Å². The van der Waals surface area contributed by atoms with E-state index in [1.165, 1.54) is 23.9 Å². The van der Waals surface area contributed by atoms with Gasteiger partial charge in [0.25, 0.3) is 0 Å². The second kappa shape index (κ2) is 8.91. The van der Waals surface area contributed by atoms with Crippen LogP contribution in [0.3, 0.4) is 0 Å². The average molecular weight is 481 g/mol. The predicted octanol–water partition coefficient (Wildman–Crippen LogP) is 7.54. The molecule has 0 atom stereocenters. The van der Waals surface area contributed by atoms with Gasteiger partial charge in [-0.25, -0.2) is 9.37 Å². The lowest BCUT2D eigenvalue weighted by atomic mass is 10.0. The van der Waals surface area contributed by atoms with E-state index >= 15 is 0 Å². The van der Waals surface area contributed by atoms with E-state index < -0.39 is 0 Å². The summed E-state index contributed by atoms with van der Waals surface area (Å²) in [6.07, 6.45) is 0. The van der Waals surface area contributed by atoms with Crippen LogP contribution in [0.2, 0.25) is 0 Å². The number of rotatable bonds is 5. The van der Waals surface area contributed by atoms with E-state index in [1.807, 2.05) is 41.8 Å². The molecule has 2 aromatic carbocycles. The SMILES string of the molecule is N#Cc1c(-c2ccc(F)cc2)cc(-c2cccs2)nc1SCc1cccc(Br)c1. The third kappa shape index (κ3) is 4.59. The highest BCUT2D eigenvalue weighted by atomic mass is 79.9. The van der Waals surface area contributed by atoms with Gasteiger partial charge in [-0.1, -0.05) is 46.3 Å². The van der Waals surface area contributed by atoms with E-state index in [0.29, 0.717) is 16.3 Å². The van der Waals surface area contributed by atoms with Crippen molar-refractivity contribution in [2.45, 2.75) is 10.8 Å². The van der Waals surface area contributed by atoms with Crippen molar-refractivity contribution in [1.82, 2.24) is 4.98 Å². The molecular weight excluding hydrogens is 467 g/mol. The van der Waals surface area contributed by atoms with Crippen LogP contribution in [-0.4, -0.2) is 4.98 Å². The van der Waals surface area contributed by atoms with Gasteiger partial charge in [0.2, 0.25) is 0 Å². The first-order valence-electron chi connectivity index (χ1n) is 8.76. The van der Waals surface area contributed by atoms with Crippen molar-refractivity contribution < 1.29 is 4.39 Å². The van der Waals surface area contributed by atoms with E-state index in [-0.39, 0.29) is 5.82 Å². The molecule has 29 heavy (non-hydrogen) atoms. The number of thiophene rings is 1. The molecule has 0 saturated carbocycles. The Morgan fingerprint density at radius 1 is 1.07 bits per heavy atom. The molecule has 0 aliphatic carbocycles. The normalized spacial score (nSPS) is 10.7. The molecule has 2 heterocycles. The third-order valence-electron chi connectivity index (χ3n) is 4.29. The Hall–Kier alpha value is -2.46.